The third-order valence-corrected chi connectivity index (χ3v) is 3.32. The van der Waals surface area contributed by atoms with Gasteiger partial charge in [-0.05, 0) is 12.5 Å². The van der Waals surface area contributed by atoms with Crippen molar-refractivity contribution in [2.24, 2.45) is 0 Å². The Morgan fingerprint density at radius 2 is 2.47 bits per heavy atom. The Morgan fingerprint density at radius 3 is 3.24 bits per heavy atom. The van der Waals surface area contributed by atoms with Gasteiger partial charge in [0.15, 0.2) is 0 Å². The van der Waals surface area contributed by atoms with Crippen LogP contribution in [-0.2, 0) is 11.3 Å². The Kier molecular flexibility index (Phi) is 4.34. The van der Waals surface area contributed by atoms with Gasteiger partial charge in [0.25, 0.3) is 0 Å². The molecule has 0 saturated carbocycles. The summed E-state index contributed by atoms with van der Waals surface area (Å²) >= 11 is 0. The summed E-state index contributed by atoms with van der Waals surface area (Å²) in [5, 5.41) is 3.15. The summed E-state index contributed by atoms with van der Waals surface area (Å²) in [6.45, 7) is 5.87. The highest BCUT2D eigenvalue weighted by Gasteiger charge is 2.22. The molecule has 1 fully saturated rings. The molecule has 0 aromatic carbocycles. The predicted octanol–water partition coefficient (Wildman–Crippen LogP) is 1.73. The normalized spacial score (nSPS) is 21.4. The molecule has 1 aromatic rings. The lowest BCUT2D eigenvalue weighted by Crippen LogP contribution is -2.44. The average Bonchev–Trinajstić information content (AvgIpc) is 2.40. The van der Waals surface area contributed by atoms with Crippen LogP contribution in [0.25, 0.3) is 0 Å². The van der Waals surface area contributed by atoms with Gasteiger partial charge in [-0.15, -0.1) is 0 Å². The Hall–Kier alpha value is -1.13. The lowest BCUT2D eigenvalue weighted by molar-refractivity contribution is -0.0126. The van der Waals surface area contributed by atoms with Crippen LogP contribution >= 0.6 is 0 Å². The molecule has 0 aliphatic carbocycles. The largest absolute Gasteiger partial charge is 0.378 e. The zero-order valence-electron chi connectivity index (χ0n) is 10.6. The van der Waals surface area contributed by atoms with Gasteiger partial charge in [-0.2, -0.15) is 0 Å². The summed E-state index contributed by atoms with van der Waals surface area (Å²) in [5.41, 5.74) is 1.26. The Morgan fingerprint density at radius 1 is 1.59 bits per heavy atom. The van der Waals surface area contributed by atoms with E-state index >= 15 is 0 Å². The van der Waals surface area contributed by atoms with Crippen LogP contribution in [0, 0.1) is 0 Å². The third kappa shape index (κ3) is 2.96. The number of nitrogens with one attached hydrogen (secondary N) is 1. The minimum Gasteiger partial charge on any atom is -0.378 e. The van der Waals surface area contributed by atoms with E-state index in [-0.39, 0.29) is 0 Å². The number of ether oxygens (including phenoxy) is 1. The zero-order valence-corrected chi connectivity index (χ0v) is 10.6. The second-order valence-corrected chi connectivity index (χ2v) is 4.37. The van der Waals surface area contributed by atoms with Gasteiger partial charge >= 0.3 is 0 Å². The highest BCUT2D eigenvalue weighted by atomic mass is 16.5. The van der Waals surface area contributed by atoms with Crippen molar-refractivity contribution in [2.75, 3.05) is 32.1 Å². The fourth-order valence-electron chi connectivity index (χ4n) is 2.28. The van der Waals surface area contributed by atoms with Crippen molar-refractivity contribution >= 4 is 5.82 Å². The van der Waals surface area contributed by atoms with E-state index in [1.165, 1.54) is 5.56 Å². The van der Waals surface area contributed by atoms with E-state index in [0.29, 0.717) is 6.04 Å². The molecule has 1 aliphatic heterocycles. The Balaban J connectivity index is 2.08. The van der Waals surface area contributed by atoms with E-state index in [1.807, 2.05) is 19.3 Å². The maximum absolute atomic E-state index is 5.52. The molecule has 1 unspecified atom stereocenters. The van der Waals surface area contributed by atoms with Crippen molar-refractivity contribution in [3.63, 3.8) is 0 Å². The van der Waals surface area contributed by atoms with Crippen LogP contribution in [0.1, 0.15) is 18.9 Å². The van der Waals surface area contributed by atoms with Gasteiger partial charge < -0.3 is 10.1 Å². The first kappa shape index (κ1) is 12.3. The number of pyridine rings is 1. The van der Waals surface area contributed by atoms with Crippen LogP contribution in [0.3, 0.4) is 0 Å². The van der Waals surface area contributed by atoms with Crippen LogP contribution in [0.2, 0.25) is 0 Å². The van der Waals surface area contributed by atoms with Crippen LogP contribution in [0.15, 0.2) is 18.3 Å². The van der Waals surface area contributed by atoms with Crippen molar-refractivity contribution in [3.05, 3.63) is 23.9 Å². The van der Waals surface area contributed by atoms with E-state index in [2.05, 4.69) is 28.2 Å². The van der Waals surface area contributed by atoms with E-state index in [4.69, 9.17) is 4.74 Å². The molecule has 1 N–H and O–H groups in total. The van der Waals surface area contributed by atoms with Crippen molar-refractivity contribution in [1.29, 1.82) is 0 Å². The lowest BCUT2D eigenvalue weighted by Gasteiger charge is -2.35. The number of aromatic nitrogens is 1. The van der Waals surface area contributed by atoms with Gasteiger partial charge in [-0.3, -0.25) is 4.90 Å². The topological polar surface area (TPSA) is 37.4 Å². The third-order valence-electron chi connectivity index (χ3n) is 3.32. The standard InChI is InChI=1S/C13H21N3O/c1-3-12-10-17-8-7-16(12)9-11-5-4-6-15-13(11)14-2/h4-6,12H,3,7-10H2,1-2H3,(H,14,15). The summed E-state index contributed by atoms with van der Waals surface area (Å²) in [5.74, 6) is 0.980. The van der Waals surface area contributed by atoms with Crippen LogP contribution < -0.4 is 5.32 Å². The molecule has 2 heterocycles. The fourth-order valence-corrected chi connectivity index (χ4v) is 2.28. The van der Waals surface area contributed by atoms with Gasteiger partial charge in [0, 0.05) is 37.9 Å². The second kappa shape index (κ2) is 5.98. The molecule has 1 aromatic heterocycles. The highest BCUT2D eigenvalue weighted by molar-refractivity contribution is 5.42. The molecule has 1 aliphatic rings. The molecule has 4 heteroatoms. The molecule has 0 bridgehead atoms. The molecule has 4 nitrogen and oxygen atoms in total. The minimum absolute atomic E-state index is 0.536. The molecule has 0 amide bonds. The number of anilines is 1. The maximum Gasteiger partial charge on any atom is 0.130 e. The quantitative estimate of drug-likeness (QED) is 0.862. The van der Waals surface area contributed by atoms with Gasteiger partial charge in [0.05, 0.1) is 13.2 Å². The molecular formula is C13H21N3O. The van der Waals surface area contributed by atoms with Gasteiger partial charge in [0.1, 0.15) is 5.82 Å². The fraction of sp³-hybridized carbons (Fsp3) is 0.615. The lowest BCUT2D eigenvalue weighted by atomic mass is 10.1. The van der Waals surface area contributed by atoms with Crippen LogP contribution in [-0.4, -0.2) is 42.7 Å². The van der Waals surface area contributed by atoms with Crippen molar-refractivity contribution < 1.29 is 4.74 Å². The van der Waals surface area contributed by atoms with E-state index in [9.17, 15) is 0 Å². The molecule has 17 heavy (non-hydrogen) atoms. The Bertz CT molecular complexity index is 356. The average molecular weight is 235 g/mol. The Labute approximate surface area is 103 Å². The molecule has 94 valence electrons. The van der Waals surface area contributed by atoms with Gasteiger partial charge in [-0.1, -0.05) is 13.0 Å². The number of nitrogens with zero attached hydrogens (tertiary/aromatic N) is 2. The molecule has 1 saturated heterocycles. The van der Waals surface area contributed by atoms with E-state index in [1.54, 1.807) is 0 Å². The van der Waals surface area contributed by atoms with E-state index < -0.39 is 0 Å². The second-order valence-electron chi connectivity index (χ2n) is 4.37. The summed E-state index contributed by atoms with van der Waals surface area (Å²) in [7, 11) is 1.92. The summed E-state index contributed by atoms with van der Waals surface area (Å²) in [6, 6.07) is 4.67. The first-order valence-corrected chi connectivity index (χ1v) is 6.28. The molecular weight excluding hydrogens is 214 g/mol. The zero-order chi connectivity index (χ0) is 12.1. The minimum atomic E-state index is 0.536. The number of morpholine rings is 1. The highest BCUT2D eigenvalue weighted by Crippen LogP contribution is 2.18. The van der Waals surface area contributed by atoms with Crippen LogP contribution in [0.4, 0.5) is 5.82 Å². The van der Waals surface area contributed by atoms with Gasteiger partial charge in [-0.25, -0.2) is 4.98 Å². The predicted molar refractivity (Wildman–Crippen MR) is 69.1 cm³/mol. The summed E-state index contributed by atoms with van der Waals surface area (Å²) < 4.78 is 5.52. The molecule has 2 rings (SSSR count). The maximum atomic E-state index is 5.52. The van der Waals surface area contributed by atoms with Crippen molar-refractivity contribution in [2.45, 2.75) is 25.9 Å². The van der Waals surface area contributed by atoms with Crippen LogP contribution in [0.5, 0.6) is 0 Å². The first-order valence-electron chi connectivity index (χ1n) is 6.28. The number of hydrogen-bond donors (Lipinski definition) is 1. The first-order chi connectivity index (χ1) is 8.35. The van der Waals surface area contributed by atoms with E-state index in [0.717, 1.165) is 38.5 Å². The number of hydrogen-bond acceptors (Lipinski definition) is 4. The van der Waals surface area contributed by atoms with Crippen molar-refractivity contribution in [1.82, 2.24) is 9.88 Å². The molecule has 1 atom stereocenters. The van der Waals surface area contributed by atoms with Crippen molar-refractivity contribution in [3.8, 4) is 0 Å². The monoisotopic (exact) mass is 235 g/mol. The summed E-state index contributed by atoms with van der Waals surface area (Å²) in [6.07, 6.45) is 2.96. The molecule has 0 spiro atoms. The number of rotatable bonds is 4. The SMILES string of the molecule is CCC1COCCN1Cc1cccnc1NC. The summed E-state index contributed by atoms with van der Waals surface area (Å²) in [4.78, 5) is 6.83. The smallest absolute Gasteiger partial charge is 0.130 e. The van der Waals surface area contributed by atoms with Gasteiger partial charge in [0.2, 0.25) is 0 Å². The molecule has 0 radical (unpaired) electrons.